The predicted molar refractivity (Wildman–Crippen MR) is 63.5 cm³/mol. The van der Waals surface area contributed by atoms with E-state index in [0.717, 1.165) is 6.42 Å². The number of rotatable bonds is 5. The van der Waals surface area contributed by atoms with Crippen LogP contribution in [0.2, 0.25) is 0 Å². The van der Waals surface area contributed by atoms with Crippen LogP contribution in [-0.2, 0) is 17.7 Å². The summed E-state index contributed by atoms with van der Waals surface area (Å²) in [6.45, 7) is 4.04. The molecule has 2 aromatic rings. The largest absolute Gasteiger partial charge is 0.464 e. The third kappa shape index (κ3) is 2.78. The highest BCUT2D eigenvalue weighted by Crippen LogP contribution is 2.11. The first-order valence-corrected chi connectivity index (χ1v) is 5.95. The van der Waals surface area contributed by atoms with Crippen molar-refractivity contribution >= 4 is 5.97 Å². The van der Waals surface area contributed by atoms with Crippen molar-refractivity contribution in [3.63, 3.8) is 0 Å². The molecule has 8 heteroatoms. The average Bonchev–Trinajstić information content (AvgIpc) is 2.97. The highest BCUT2D eigenvalue weighted by atomic mass is 16.5. The Labute approximate surface area is 109 Å². The Morgan fingerprint density at radius 3 is 2.84 bits per heavy atom. The molecule has 19 heavy (non-hydrogen) atoms. The summed E-state index contributed by atoms with van der Waals surface area (Å²) in [4.78, 5) is 15.7. The minimum absolute atomic E-state index is 0.237. The maximum Gasteiger partial charge on any atom is 0.360 e. The zero-order valence-corrected chi connectivity index (χ0v) is 11.1. The van der Waals surface area contributed by atoms with E-state index in [4.69, 9.17) is 4.52 Å². The quantitative estimate of drug-likeness (QED) is 0.736. The molecule has 0 fully saturated rings. The summed E-state index contributed by atoms with van der Waals surface area (Å²) in [5.41, 5.74) is 0.950. The Hall–Kier alpha value is -2.25. The monoisotopic (exact) mass is 265 g/mol. The number of aryl methyl sites for hydroxylation is 1. The molecule has 0 spiro atoms. The van der Waals surface area contributed by atoms with E-state index in [9.17, 15) is 4.79 Å². The van der Waals surface area contributed by atoms with Crippen molar-refractivity contribution < 1.29 is 14.1 Å². The lowest BCUT2D eigenvalue weighted by atomic mass is 10.2. The Kier molecular flexibility index (Phi) is 3.88. The number of esters is 1. The van der Waals surface area contributed by atoms with Crippen molar-refractivity contribution in [3.05, 3.63) is 23.1 Å². The molecule has 102 valence electrons. The third-order valence-corrected chi connectivity index (χ3v) is 2.56. The summed E-state index contributed by atoms with van der Waals surface area (Å²) in [5, 5.41) is 11.5. The number of nitrogens with zero attached hydrogens (tertiary/aromatic N) is 5. The molecule has 0 amide bonds. The zero-order valence-electron chi connectivity index (χ0n) is 11.1. The summed E-state index contributed by atoms with van der Waals surface area (Å²) in [6, 6.07) is 0. The van der Waals surface area contributed by atoms with E-state index in [1.165, 1.54) is 7.11 Å². The highest BCUT2D eigenvalue weighted by molar-refractivity contribution is 5.88. The van der Waals surface area contributed by atoms with Gasteiger partial charge in [0.15, 0.2) is 11.5 Å². The maximum atomic E-state index is 11.6. The fraction of sp³-hybridized carbons (Fsp3) is 0.545. The molecule has 0 aliphatic rings. The van der Waals surface area contributed by atoms with E-state index in [2.05, 4.69) is 25.2 Å². The second-order valence-corrected chi connectivity index (χ2v) is 4.02. The summed E-state index contributed by atoms with van der Waals surface area (Å²) in [5.74, 6) is 0.493. The van der Waals surface area contributed by atoms with Gasteiger partial charge in [-0.1, -0.05) is 23.7 Å². The van der Waals surface area contributed by atoms with Gasteiger partial charge < -0.3 is 9.26 Å². The van der Waals surface area contributed by atoms with Gasteiger partial charge in [0.2, 0.25) is 5.89 Å². The van der Waals surface area contributed by atoms with Crippen LogP contribution >= 0.6 is 0 Å². The van der Waals surface area contributed by atoms with Gasteiger partial charge in [-0.3, -0.25) is 0 Å². The van der Waals surface area contributed by atoms with Crippen LogP contribution in [0.25, 0.3) is 0 Å². The molecule has 0 unspecified atom stereocenters. The van der Waals surface area contributed by atoms with E-state index in [0.29, 0.717) is 30.4 Å². The SMILES string of the molecule is CCCc1c(C(=O)OC)nnn1Cc1nc(C)no1. The number of hydrogen-bond acceptors (Lipinski definition) is 7. The summed E-state index contributed by atoms with van der Waals surface area (Å²) in [6.07, 6.45) is 1.53. The van der Waals surface area contributed by atoms with E-state index in [1.54, 1.807) is 11.6 Å². The van der Waals surface area contributed by atoms with Crippen LogP contribution < -0.4 is 0 Å². The third-order valence-electron chi connectivity index (χ3n) is 2.56. The van der Waals surface area contributed by atoms with E-state index in [1.807, 2.05) is 6.92 Å². The Morgan fingerprint density at radius 2 is 2.26 bits per heavy atom. The van der Waals surface area contributed by atoms with Crippen molar-refractivity contribution in [2.24, 2.45) is 0 Å². The van der Waals surface area contributed by atoms with Crippen LogP contribution in [0, 0.1) is 6.92 Å². The summed E-state index contributed by atoms with van der Waals surface area (Å²) >= 11 is 0. The van der Waals surface area contributed by atoms with Crippen LogP contribution in [0.3, 0.4) is 0 Å². The van der Waals surface area contributed by atoms with Crippen molar-refractivity contribution in [1.82, 2.24) is 25.1 Å². The zero-order chi connectivity index (χ0) is 13.8. The molecule has 0 aliphatic carbocycles. The van der Waals surface area contributed by atoms with Crippen LogP contribution in [-0.4, -0.2) is 38.2 Å². The minimum atomic E-state index is -0.489. The lowest BCUT2D eigenvalue weighted by Crippen LogP contribution is -2.10. The van der Waals surface area contributed by atoms with Gasteiger partial charge in [-0.2, -0.15) is 4.98 Å². The number of aromatic nitrogens is 5. The first-order valence-electron chi connectivity index (χ1n) is 5.95. The fourth-order valence-electron chi connectivity index (χ4n) is 1.73. The lowest BCUT2D eigenvalue weighted by molar-refractivity contribution is 0.0592. The molecule has 0 atom stereocenters. The van der Waals surface area contributed by atoms with Crippen molar-refractivity contribution in [1.29, 1.82) is 0 Å². The second-order valence-electron chi connectivity index (χ2n) is 4.02. The normalized spacial score (nSPS) is 10.7. The van der Waals surface area contributed by atoms with Crippen LogP contribution in [0.4, 0.5) is 0 Å². The number of hydrogen-bond donors (Lipinski definition) is 0. The number of carbonyl (C=O) groups excluding carboxylic acids is 1. The van der Waals surface area contributed by atoms with Gasteiger partial charge in [-0.05, 0) is 13.3 Å². The van der Waals surface area contributed by atoms with Gasteiger partial charge in [0.25, 0.3) is 0 Å². The molecule has 2 rings (SSSR count). The molecule has 2 heterocycles. The molecule has 8 nitrogen and oxygen atoms in total. The average molecular weight is 265 g/mol. The molecule has 0 N–H and O–H groups in total. The van der Waals surface area contributed by atoms with Gasteiger partial charge in [0.1, 0.15) is 6.54 Å². The van der Waals surface area contributed by atoms with Gasteiger partial charge in [-0.25, -0.2) is 9.48 Å². The van der Waals surface area contributed by atoms with Gasteiger partial charge in [0.05, 0.1) is 12.8 Å². The molecule has 0 aromatic carbocycles. The first kappa shape index (κ1) is 13.2. The first-order chi connectivity index (χ1) is 9.15. The molecule has 2 aromatic heterocycles. The molecule has 0 aliphatic heterocycles. The topological polar surface area (TPSA) is 95.9 Å². The van der Waals surface area contributed by atoms with E-state index >= 15 is 0 Å². The Bertz CT molecular complexity index is 575. The Balaban J connectivity index is 2.29. The van der Waals surface area contributed by atoms with Crippen LogP contribution in [0.15, 0.2) is 4.52 Å². The van der Waals surface area contributed by atoms with E-state index in [-0.39, 0.29) is 5.69 Å². The Morgan fingerprint density at radius 1 is 1.47 bits per heavy atom. The summed E-state index contributed by atoms with van der Waals surface area (Å²) < 4.78 is 11.3. The number of carbonyl (C=O) groups is 1. The molecule has 0 bridgehead atoms. The van der Waals surface area contributed by atoms with Crippen molar-refractivity contribution in [2.45, 2.75) is 33.2 Å². The van der Waals surface area contributed by atoms with Crippen LogP contribution in [0.5, 0.6) is 0 Å². The smallest absolute Gasteiger partial charge is 0.360 e. The highest BCUT2D eigenvalue weighted by Gasteiger charge is 2.20. The van der Waals surface area contributed by atoms with Crippen molar-refractivity contribution in [3.8, 4) is 0 Å². The molecule has 0 saturated carbocycles. The van der Waals surface area contributed by atoms with Gasteiger partial charge in [-0.15, -0.1) is 5.10 Å². The standard InChI is InChI=1S/C11H15N5O3/c1-4-5-8-10(11(17)18-3)13-15-16(8)6-9-12-7(2)14-19-9/h4-6H2,1-3H3. The second kappa shape index (κ2) is 5.59. The predicted octanol–water partition coefficient (Wildman–Crippen LogP) is 0.757. The number of methoxy groups -OCH3 is 1. The minimum Gasteiger partial charge on any atom is -0.464 e. The molecule has 0 saturated heterocycles. The number of ether oxygens (including phenoxy) is 1. The molecule has 0 radical (unpaired) electrons. The fourth-order valence-corrected chi connectivity index (χ4v) is 1.73. The lowest BCUT2D eigenvalue weighted by Gasteiger charge is -2.03. The van der Waals surface area contributed by atoms with Gasteiger partial charge >= 0.3 is 5.97 Å². The molecular weight excluding hydrogens is 250 g/mol. The molecular formula is C11H15N5O3. The van der Waals surface area contributed by atoms with Crippen molar-refractivity contribution in [2.75, 3.05) is 7.11 Å². The maximum absolute atomic E-state index is 11.6. The summed E-state index contributed by atoms with van der Waals surface area (Å²) in [7, 11) is 1.32. The van der Waals surface area contributed by atoms with Gasteiger partial charge in [0, 0.05) is 0 Å². The van der Waals surface area contributed by atoms with Crippen LogP contribution in [0.1, 0.15) is 41.2 Å². The van der Waals surface area contributed by atoms with E-state index < -0.39 is 5.97 Å².